The number of nitrogens with one attached hydrogen (secondary N) is 1. The molecule has 0 aliphatic carbocycles. The van der Waals surface area contributed by atoms with Crippen molar-refractivity contribution in [3.63, 3.8) is 0 Å². The third kappa shape index (κ3) is 8.95. The number of aliphatic imine (C=N–C) groups is 1. The van der Waals surface area contributed by atoms with E-state index in [4.69, 9.17) is 0 Å². The first kappa shape index (κ1) is 36.9. The fraction of sp³-hybridized carbons (Fsp3) is 0.268. The average molecular weight is 676 g/mol. The zero-order chi connectivity index (χ0) is 35.9. The van der Waals surface area contributed by atoms with Gasteiger partial charge in [-0.05, 0) is 58.7 Å². The molecule has 1 heterocycles. The van der Waals surface area contributed by atoms with E-state index in [-0.39, 0.29) is 34.2 Å². The lowest BCUT2D eigenvalue weighted by atomic mass is 9.78. The molecular weight excluding hydrogens is 631 g/mol. The van der Waals surface area contributed by atoms with Crippen LogP contribution in [0.2, 0.25) is 0 Å². The molecule has 0 unspecified atom stereocenters. The van der Waals surface area contributed by atoms with Crippen LogP contribution in [0.1, 0.15) is 82.3 Å². The molecule has 7 nitrogen and oxygen atoms in total. The average Bonchev–Trinajstić information content (AvgIpc) is 3.06. The Morgan fingerprint density at radius 1 is 0.939 bits per heavy atom. The van der Waals surface area contributed by atoms with E-state index in [1.165, 1.54) is 11.0 Å². The number of aromatic hydroxyl groups is 1. The van der Waals surface area contributed by atoms with Gasteiger partial charge in [-0.15, -0.1) is 0 Å². The lowest BCUT2D eigenvalue weighted by Gasteiger charge is -2.29. The monoisotopic (exact) mass is 675 g/mol. The molecule has 49 heavy (non-hydrogen) atoms. The molecule has 0 fully saturated rings. The highest BCUT2D eigenvalue weighted by Crippen LogP contribution is 2.40. The Balaban J connectivity index is 1.71. The Morgan fingerprint density at radius 2 is 1.47 bits per heavy atom. The molecule has 0 saturated carbocycles. The second-order valence-electron chi connectivity index (χ2n) is 13.8. The summed E-state index contributed by atoms with van der Waals surface area (Å²) in [6.45, 7) is 17.5. The van der Waals surface area contributed by atoms with E-state index in [0.717, 1.165) is 22.9 Å². The lowest BCUT2D eigenvalue weighted by molar-refractivity contribution is -0.126. The quantitative estimate of drug-likeness (QED) is 0.135. The molecule has 8 heteroatoms. The SMILES string of the molecule is C=C/C=C\C(=C/C)N1C(=O)/C(=C/c2cc(C(C)(C)C)c(O)c(C(C)(C)C)c2)C(=O)N=C1SCC(=O)NC(c1ccccc1)c1ccccc1. The van der Waals surface area contributed by atoms with E-state index >= 15 is 0 Å². The number of allylic oxidation sites excluding steroid dienone is 4. The second kappa shape index (κ2) is 15.5. The Hall–Kier alpha value is -4.95. The highest BCUT2D eigenvalue weighted by molar-refractivity contribution is 8.14. The van der Waals surface area contributed by atoms with Crippen LogP contribution in [0.15, 0.2) is 120 Å². The first-order valence-corrected chi connectivity index (χ1v) is 17.2. The summed E-state index contributed by atoms with van der Waals surface area (Å²) in [6, 6.07) is 22.6. The van der Waals surface area contributed by atoms with Crippen LogP contribution < -0.4 is 5.32 Å². The van der Waals surface area contributed by atoms with Crippen LogP contribution in [0.4, 0.5) is 0 Å². The maximum Gasteiger partial charge on any atom is 0.285 e. The highest BCUT2D eigenvalue weighted by Gasteiger charge is 2.36. The summed E-state index contributed by atoms with van der Waals surface area (Å²) in [4.78, 5) is 47.0. The topological polar surface area (TPSA) is 99.1 Å². The van der Waals surface area contributed by atoms with Gasteiger partial charge in [-0.3, -0.25) is 19.3 Å². The van der Waals surface area contributed by atoms with Gasteiger partial charge in [0.25, 0.3) is 11.8 Å². The number of carbonyl (C=O) groups excluding carboxylic acids is 3. The van der Waals surface area contributed by atoms with Crippen molar-refractivity contribution < 1.29 is 19.5 Å². The van der Waals surface area contributed by atoms with Gasteiger partial charge in [0.05, 0.1) is 11.8 Å². The number of carbonyl (C=O) groups is 3. The first-order chi connectivity index (χ1) is 23.1. The van der Waals surface area contributed by atoms with Gasteiger partial charge in [0.1, 0.15) is 11.3 Å². The molecule has 2 N–H and O–H groups in total. The van der Waals surface area contributed by atoms with Crippen molar-refractivity contribution in [3.05, 3.63) is 143 Å². The molecule has 1 aliphatic heterocycles. The number of hydrogen-bond acceptors (Lipinski definition) is 5. The standard InChI is InChI=1S/C41H45N3O4S/c1-9-11-22-30(10-2)44-38(48)31(23-27-24-32(40(3,4)5)36(46)33(25-27)41(6,7)8)37(47)43-39(44)49-26-34(45)42-35(28-18-14-12-15-19-28)29-20-16-13-17-21-29/h9-25,35,46H,1,26H2,2-8H3,(H,42,45)/b22-11-,30-10+,31-23+. The summed E-state index contributed by atoms with van der Waals surface area (Å²) < 4.78 is 0. The number of phenolic OH excluding ortho intramolecular Hbond substituents is 1. The lowest BCUT2D eigenvalue weighted by Crippen LogP contribution is -2.42. The molecular formula is C41H45N3O4S. The number of hydrogen-bond donors (Lipinski definition) is 2. The molecule has 254 valence electrons. The zero-order valence-electron chi connectivity index (χ0n) is 29.3. The van der Waals surface area contributed by atoms with Crippen molar-refractivity contribution >= 4 is 40.7 Å². The van der Waals surface area contributed by atoms with Crippen LogP contribution >= 0.6 is 11.8 Å². The van der Waals surface area contributed by atoms with Crippen LogP contribution in [0.25, 0.3) is 6.08 Å². The molecule has 0 radical (unpaired) electrons. The third-order valence-electron chi connectivity index (χ3n) is 7.97. The number of nitrogens with zero attached hydrogens (tertiary/aromatic N) is 2. The van der Waals surface area contributed by atoms with E-state index in [1.807, 2.05) is 114 Å². The minimum Gasteiger partial charge on any atom is -0.507 e. The largest absolute Gasteiger partial charge is 0.507 e. The molecule has 0 atom stereocenters. The Kier molecular flexibility index (Phi) is 11.7. The van der Waals surface area contributed by atoms with Crippen LogP contribution in [0, 0.1) is 0 Å². The summed E-state index contributed by atoms with van der Waals surface area (Å²) in [6.07, 6.45) is 8.24. The predicted molar refractivity (Wildman–Crippen MR) is 201 cm³/mol. The Bertz CT molecular complexity index is 1770. The van der Waals surface area contributed by atoms with Gasteiger partial charge >= 0.3 is 0 Å². The highest BCUT2D eigenvalue weighted by atomic mass is 32.2. The van der Waals surface area contributed by atoms with E-state index in [0.29, 0.717) is 22.4 Å². The van der Waals surface area contributed by atoms with Gasteiger partial charge in [0.15, 0.2) is 5.17 Å². The molecule has 3 amide bonds. The number of rotatable bonds is 9. The molecule has 1 aliphatic rings. The van der Waals surface area contributed by atoms with Crippen molar-refractivity contribution in [1.82, 2.24) is 10.2 Å². The van der Waals surface area contributed by atoms with Crippen molar-refractivity contribution in [1.29, 1.82) is 0 Å². The van der Waals surface area contributed by atoms with Gasteiger partial charge in [-0.25, -0.2) is 0 Å². The zero-order valence-corrected chi connectivity index (χ0v) is 30.1. The van der Waals surface area contributed by atoms with Gasteiger partial charge in [-0.1, -0.05) is 139 Å². The molecule has 0 bridgehead atoms. The number of amides is 3. The minimum atomic E-state index is -0.707. The summed E-state index contributed by atoms with van der Waals surface area (Å²) in [5, 5.41) is 14.4. The van der Waals surface area contributed by atoms with Crippen LogP contribution in [-0.4, -0.2) is 38.6 Å². The summed E-state index contributed by atoms with van der Waals surface area (Å²) in [7, 11) is 0. The fourth-order valence-electron chi connectivity index (χ4n) is 5.44. The Morgan fingerprint density at radius 3 is 1.94 bits per heavy atom. The first-order valence-electron chi connectivity index (χ1n) is 16.2. The van der Waals surface area contributed by atoms with E-state index in [9.17, 15) is 19.5 Å². The molecule has 0 aromatic heterocycles. The summed E-state index contributed by atoms with van der Waals surface area (Å²) in [5.74, 6) is -1.45. The van der Waals surface area contributed by atoms with Crippen LogP contribution in [0.5, 0.6) is 5.75 Å². The van der Waals surface area contributed by atoms with Crippen molar-refractivity contribution in [2.75, 3.05) is 5.75 Å². The predicted octanol–water partition coefficient (Wildman–Crippen LogP) is 8.38. The van der Waals surface area contributed by atoms with Crippen molar-refractivity contribution in [3.8, 4) is 5.75 Å². The van der Waals surface area contributed by atoms with Gasteiger partial charge in [-0.2, -0.15) is 4.99 Å². The van der Waals surface area contributed by atoms with E-state index in [2.05, 4.69) is 16.9 Å². The normalized spacial score (nSPS) is 15.3. The maximum absolute atomic E-state index is 14.2. The summed E-state index contributed by atoms with van der Waals surface area (Å²) >= 11 is 1.01. The molecule has 4 rings (SSSR count). The van der Waals surface area contributed by atoms with Crippen molar-refractivity contribution in [2.45, 2.75) is 65.3 Å². The van der Waals surface area contributed by atoms with Gasteiger partial charge < -0.3 is 10.4 Å². The van der Waals surface area contributed by atoms with Crippen LogP contribution in [0.3, 0.4) is 0 Å². The maximum atomic E-state index is 14.2. The summed E-state index contributed by atoms with van der Waals surface area (Å²) in [5.41, 5.74) is 3.40. The molecule has 0 saturated heterocycles. The van der Waals surface area contributed by atoms with Gasteiger partial charge in [0.2, 0.25) is 5.91 Å². The van der Waals surface area contributed by atoms with E-state index in [1.54, 1.807) is 31.2 Å². The molecule has 3 aromatic rings. The molecule has 3 aromatic carbocycles. The third-order valence-corrected chi connectivity index (χ3v) is 8.91. The number of amidine groups is 1. The Labute approximate surface area is 294 Å². The number of phenols is 1. The smallest absolute Gasteiger partial charge is 0.285 e. The van der Waals surface area contributed by atoms with E-state index < -0.39 is 22.6 Å². The second-order valence-corrected chi connectivity index (χ2v) is 14.7. The fourth-order valence-corrected chi connectivity index (χ4v) is 6.25. The van der Waals surface area contributed by atoms with Gasteiger partial charge in [0, 0.05) is 16.8 Å². The molecule has 0 spiro atoms. The van der Waals surface area contributed by atoms with Crippen LogP contribution in [-0.2, 0) is 25.2 Å². The number of benzene rings is 3. The number of thioether (sulfide) groups is 1. The van der Waals surface area contributed by atoms with Crippen molar-refractivity contribution in [2.24, 2.45) is 4.99 Å². The minimum absolute atomic E-state index is 0.0882.